The molecule has 2 aromatic carbocycles. The first-order valence-electron chi connectivity index (χ1n) is 6.39. The lowest BCUT2D eigenvalue weighted by Gasteiger charge is -2.09. The molecule has 0 aliphatic heterocycles. The van der Waals surface area contributed by atoms with Crippen LogP contribution in [0.3, 0.4) is 0 Å². The third-order valence-electron chi connectivity index (χ3n) is 3.05. The van der Waals surface area contributed by atoms with Gasteiger partial charge in [-0.1, -0.05) is 19.1 Å². The second-order valence-corrected chi connectivity index (χ2v) is 4.47. The first kappa shape index (κ1) is 14.5. The van der Waals surface area contributed by atoms with Crippen LogP contribution >= 0.6 is 0 Å². The number of carbonyl (C=O) groups is 1. The Kier molecular flexibility index (Phi) is 4.18. The summed E-state index contributed by atoms with van der Waals surface area (Å²) in [5, 5.41) is 22.9. The molecule has 0 spiro atoms. The van der Waals surface area contributed by atoms with E-state index in [-0.39, 0.29) is 5.56 Å². The molecule has 0 aromatic heterocycles. The number of hydrogen-bond donors (Lipinski definition) is 2. The highest BCUT2D eigenvalue weighted by atomic mass is 16.6. The van der Waals surface area contributed by atoms with Crippen molar-refractivity contribution in [3.8, 4) is 0 Å². The normalized spacial score (nSPS) is 10.1. The van der Waals surface area contributed by atoms with E-state index in [1.165, 1.54) is 18.2 Å². The number of nitro groups is 1. The minimum atomic E-state index is -1.33. The van der Waals surface area contributed by atoms with Crippen LogP contribution in [0.5, 0.6) is 0 Å². The van der Waals surface area contributed by atoms with Gasteiger partial charge >= 0.3 is 5.97 Å². The standard InChI is InChI=1S/C15H14N2O4/c1-2-10-4-3-5-11(8-10)16-12-6-7-14(17(20)21)13(9-12)15(18)19/h3-9,16H,2H2,1H3,(H,18,19). The minimum Gasteiger partial charge on any atom is -0.477 e. The number of nitrogens with one attached hydrogen (secondary N) is 1. The Morgan fingerprint density at radius 2 is 1.95 bits per heavy atom. The van der Waals surface area contributed by atoms with E-state index in [2.05, 4.69) is 5.32 Å². The fourth-order valence-electron chi connectivity index (χ4n) is 1.98. The van der Waals surface area contributed by atoms with Crippen molar-refractivity contribution < 1.29 is 14.8 Å². The lowest BCUT2D eigenvalue weighted by atomic mass is 10.1. The average Bonchev–Trinajstić information content (AvgIpc) is 2.47. The van der Waals surface area contributed by atoms with E-state index in [0.29, 0.717) is 5.69 Å². The van der Waals surface area contributed by atoms with E-state index in [9.17, 15) is 14.9 Å². The van der Waals surface area contributed by atoms with E-state index >= 15 is 0 Å². The molecule has 2 aromatic rings. The van der Waals surface area contributed by atoms with Crippen LogP contribution in [-0.2, 0) is 6.42 Å². The summed E-state index contributed by atoms with van der Waals surface area (Å²) in [7, 11) is 0. The summed E-state index contributed by atoms with van der Waals surface area (Å²) in [4.78, 5) is 21.2. The van der Waals surface area contributed by atoms with E-state index < -0.39 is 16.6 Å². The first-order valence-corrected chi connectivity index (χ1v) is 6.39. The van der Waals surface area contributed by atoms with Crippen molar-refractivity contribution in [1.29, 1.82) is 0 Å². The quantitative estimate of drug-likeness (QED) is 0.647. The lowest BCUT2D eigenvalue weighted by molar-refractivity contribution is -0.385. The zero-order chi connectivity index (χ0) is 15.4. The largest absolute Gasteiger partial charge is 0.477 e. The summed E-state index contributed by atoms with van der Waals surface area (Å²) in [6.45, 7) is 2.04. The van der Waals surface area contributed by atoms with E-state index in [0.717, 1.165) is 17.7 Å². The molecule has 21 heavy (non-hydrogen) atoms. The monoisotopic (exact) mass is 286 g/mol. The number of hydrogen-bond acceptors (Lipinski definition) is 4. The molecule has 0 radical (unpaired) electrons. The number of benzene rings is 2. The molecule has 0 fully saturated rings. The van der Waals surface area contributed by atoms with Crippen LogP contribution < -0.4 is 5.32 Å². The second kappa shape index (κ2) is 6.04. The number of carboxylic acids is 1. The number of anilines is 2. The number of rotatable bonds is 5. The fourth-order valence-corrected chi connectivity index (χ4v) is 1.98. The summed E-state index contributed by atoms with van der Waals surface area (Å²) in [5.41, 5.74) is 1.68. The molecule has 0 saturated heterocycles. The molecule has 2 rings (SSSR count). The molecule has 6 nitrogen and oxygen atoms in total. The molecule has 2 N–H and O–H groups in total. The van der Waals surface area contributed by atoms with Crippen molar-refractivity contribution in [3.63, 3.8) is 0 Å². The van der Waals surface area contributed by atoms with Gasteiger partial charge in [-0.15, -0.1) is 0 Å². The molecular weight excluding hydrogens is 272 g/mol. The predicted octanol–water partition coefficient (Wildman–Crippen LogP) is 3.60. The van der Waals surface area contributed by atoms with Gasteiger partial charge in [-0.05, 0) is 36.2 Å². The number of aryl methyl sites for hydroxylation is 1. The topological polar surface area (TPSA) is 92.5 Å². The predicted molar refractivity (Wildman–Crippen MR) is 79.2 cm³/mol. The van der Waals surface area contributed by atoms with Crippen LogP contribution in [0.4, 0.5) is 17.1 Å². The molecule has 0 amide bonds. The van der Waals surface area contributed by atoms with E-state index in [1.807, 2.05) is 31.2 Å². The summed E-state index contributed by atoms with van der Waals surface area (Å²) >= 11 is 0. The van der Waals surface area contributed by atoms with Crippen LogP contribution in [0, 0.1) is 10.1 Å². The lowest BCUT2D eigenvalue weighted by Crippen LogP contribution is -2.03. The third-order valence-corrected chi connectivity index (χ3v) is 3.05. The Balaban J connectivity index is 2.34. The van der Waals surface area contributed by atoms with Gasteiger partial charge in [0.25, 0.3) is 5.69 Å². The number of nitro benzene ring substituents is 1. The molecular formula is C15H14N2O4. The molecule has 108 valence electrons. The van der Waals surface area contributed by atoms with Gasteiger partial charge in [0.15, 0.2) is 0 Å². The maximum atomic E-state index is 11.1. The molecule has 0 aliphatic carbocycles. The molecule has 0 unspecified atom stereocenters. The van der Waals surface area contributed by atoms with Gasteiger partial charge in [0, 0.05) is 17.4 Å². The first-order chi connectivity index (χ1) is 10.0. The van der Waals surface area contributed by atoms with Crippen molar-refractivity contribution in [3.05, 3.63) is 63.7 Å². The third kappa shape index (κ3) is 3.36. The number of carboxylic acid groups (broad SMARTS) is 1. The molecule has 0 bridgehead atoms. The maximum Gasteiger partial charge on any atom is 0.342 e. The van der Waals surface area contributed by atoms with E-state index in [4.69, 9.17) is 5.11 Å². The zero-order valence-corrected chi connectivity index (χ0v) is 11.4. The van der Waals surface area contributed by atoms with Gasteiger partial charge in [0.1, 0.15) is 5.56 Å². The SMILES string of the molecule is CCc1cccc(Nc2ccc([N+](=O)[O-])c(C(=O)O)c2)c1. The van der Waals surface area contributed by atoms with Crippen LogP contribution in [0.15, 0.2) is 42.5 Å². The zero-order valence-electron chi connectivity index (χ0n) is 11.4. The van der Waals surface area contributed by atoms with Gasteiger partial charge < -0.3 is 10.4 Å². The van der Waals surface area contributed by atoms with Crippen molar-refractivity contribution in [2.75, 3.05) is 5.32 Å². The number of aromatic carboxylic acids is 1. The summed E-state index contributed by atoms with van der Waals surface area (Å²) in [5.74, 6) is -1.33. The highest BCUT2D eigenvalue weighted by Gasteiger charge is 2.19. The van der Waals surface area contributed by atoms with Crippen molar-refractivity contribution in [2.45, 2.75) is 13.3 Å². The average molecular weight is 286 g/mol. The molecule has 0 saturated carbocycles. The Morgan fingerprint density at radius 3 is 2.57 bits per heavy atom. The fraction of sp³-hybridized carbons (Fsp3) is 0.133. The summed E-state index contributed by atoms with van der Waals surface area (Å²) in [6.07, 6.45) is 0.885. The van der Waals surface area contributed by atoms with Crippen molar-refractivity contribution in [1.82, 2.24) is 0 Å². The van der Waals surface area contributed by atoms with Crippen molar-refractivity contribution >= 4 is 23.0 Å². The van der Waals surface area contributed by atoms with E-state index in [1.54, 1.807) is 0 Å². The van der Waals surface area contributed by atoms with Gasteiger partial charge in [-0.25, -0.2) is 4.79 Å². The van der Waals surface area contributed by atoms with Gasteiger partial charge in [-0.3, -0.25) is 10.1 Å². The van der Waals surface area contributed by atoms with Crippen LogP contribution in [-0.4, -0.2) is 16.0 Å². The smallest absolute Gasteiger partial charge is 0.342 e. The van der Waals surface area contributed by atoms with Gasteiger partial charge in [0.2, 0.25) is 0 Å². The maximum absolute atomic E-state index is 11.1. The van der Waals surface area contributed by atoms with Crippen LogP contribution in [0.2, 0.25) is 0 Å². The van der Waals surface area contributed by atoms with Gasteiger partial charge in [0.05, 0.1) is 4.92 Å². The second-order valence-electron chi connectivity index (χ2n) is 4.47. The van der Waals surface area contributed by atoms with Crippen LogP contribution in [0.25, 0.3) is 0 Å². The van der Waals surface area contributed by atoms with Crippen LogP contribution in [0.1, 0.15) is 22.8 Å². The minimum absolute atomic E-state index is 0.336. The molecule has 0 heterocycles. The number of nitrogens with zero attached hydrogens (tertiary/aromatic N) is 1. The molecule has 0 aliphatic rings. The highest BCUT2D eigenvalue weighted by molar-refractivity contribution is 5.93. The Bertz CT molecular complexity index is 698. The highest BCUT2D eigenvalue weighted by Crippen LogP contribution is 2.25. The Hall–Kier alpha value is -2.89. The van der Waals surface area contributed by atoms with Gasteiger partial charge in [-0.2, -0.15) is 0 Å². The molecule has 0 atom stereocenters. The van der Waals surface area contributed by atoms with Crippen molar-refractivity contribution in [2.24, 2.45) is 0 Å². The summed E-state index contributed by atoms with van der Waals surface area (Å²) in [6, 6.07) is 11.6. The Labute approximate surface area is 121 Å². The molecule has 6 heteroatoms. The Morgan fingerprint density at radius 1 is 1.24 bits per heavy atom. The summed E-state index contributed by atoms with van der Waals surface area (Å²) < 4.78 is 0.